The van der Waals surface area contributed by atoms with Crippen LogP contribution in [0.15, 0.2) is 59.5 Å². The van der Waals surface area contributed by atoms with Crippen LogP contribution in [0.25, 0.3) is 11.4 Å². The van der Waals surface area contributed by atoms with Crippen LogP contribution in [0.1, 0.15) is 44.5 Å². The lowest BCUT2D eigenvalue weighted by Gasteiger charge is -2.20. The van der Waals surface area contributed by atoms with Gasteiger partial charge in [0.15, 0.2) is 11.6 Å². The van der Waals surface area contributed by atoms with Gasteiger partial charge in [0.25, 0.3) is 5.56 Å². The van der Waals surface area contributed by atoms with Crippen molar-refractivity contribution in [3.63, 3.8) is 0 Å². The summed E-state index contributed by atoms with van der Waals surface area (Å²) < 4.78 is 19.5. The van der Waals surface area contributed by atoms with Gasteiger partial charge in [-0.15, -0.1) is 0 Å². The van der Waals surface area contributed by atoms with Gasteiger partial charge in [0.2, 0.25) is 0 Å². The molecule has 1 atom stereocenters. The Bertz CT molecular complexity index is 1500. The molecule has 12 heteroatoms. The van der Waals surface area contributed by atoms with Crippen molar-refractivity contribution < 1.29 is 33.4 Å². The highest BCUT2D eigenvalue weighted by atomic mass is 19.1. The van der Waals surface area contributed by atoms with Crippen molar-refractivity contribution in [3.05, 3.63) is 76.5 Å². The van der Waals surface area contributed by atoms with Gasteiger partial charge in [-0.25, -0.2) is 18.7 Å². The first-order valence-electron chi connectivity index (χ1n) is 12.2. The molecule has 2 amide bonds. The zero-order valence-electron chi connectivity index (χ0n) is 22.4. The molecule has 3 aromatic rings. The first-order chi connectivity index (χ1) is 18.7. The number of carbonyl (C=O) groups is 4. The number of ketones is 1. The second kappa shape index (κ2) is 12.3. The first kappa shape index (κ1) is 29.7. The Labute approximate surface area is 229 Å². The summed E-state index contributed by atoms with van der Waals surface area (Å²) in [6, 6.07) is 10.8. The van der Waals surface area contributed by atoms with Crippen molar-refractivity contribution >= 4 is 29.4 Å². The Kier molecular flexibility index (Phi) is 9.15. The van der Waals surface area contributed by atoms with E-state index in [0.29, 0.717) is 15.7 Å². The molecule has 0 fully saturated rings. The van der Waals surface area contributed by atoms with Crippen molar-refractivity contribution in [1.29, 1.82) is 0 Å². The number of hydrogen-bond acceptors (Lipinski definition) is 8. The number of benzene rings is 2. The molecule has 0 spiro atoms. The number of aromatic nitrogens is 2. The normalized spacial score (nSPS) is 11.8. The van der Waals surface area contributed by atoms with Gasteiger partial charge in [-0.1, -0.05) is 36.4 Å². The summed E-state index contributed by atoms with van der Waals surface area (Å²) in [5.41, 5.74) is -1.63. The molecule has 0 aliphatic carbocycles. The van der Waals surface area contributed by atoms with E-state index >= 15 is 0 Å². The number of carbonyl (C=O) groups excluding carboxylic acids is 4. The number of aromatic hydroxyl groups is 1. The van der Waals surface area contributed by atoms with Crippen LogP contribution in [0.3, 0.4) is 0 Å². The average Bonchev–Trinajstić information content (AvgIpc) is 2.86. The van der Waals surface area contributed by atoms with Crippen molar-refractivity contribution in [2.24, 2.45) is 0 Å². The third kappa shape index (κ3) is 7.82. The zero-order valence-corrected chi connectivity index (χ0v) is 22.4. The fraction of sp³-hybridized carbons (Fsp3) is 0.286. The third-order valence-electron chi connectivity index (χ3n) is 5.39. The molecular weight excluding hydrogens is 523 g/mol. The molecule has 3 rings (SSSR count). The highest BCUT2D eigenvalue weighted by Crippen LogP contribution is 2.19. The summed E-state index contributed by atoms with van der Waals surface area (Å²) in [4.78, 5) is 68.1. The molecule has 0 radical (unpaired) electrons. The van der Waals surface area contributed by atoms with Crippen molar-refractivity contribution in [2.45, 2.75) is 52.2 Å². The van der Waals surface area contributed by atoms with Crippen LogP contribution in [0, 0.1) is 5.82 Å². The molecule has 2 aromatic carbocycles. The molecule has 0 saturated heterocycles. The number of nitrogens with zero attached hydrogens (tertiary/aromatic N) is 2. The maximum atomic E-state index is 13.8. The lowest BCUT2D eigenvalue weighted by atomic mass is 10.0. The van der Waals surface area contributed by atoms with E-state index in [2.05, 4.69) is 15.6 Å². The number of rotatable bonds is 7. The number of phenolic OH excluding ortho intramolecular Hbond substituents is 1. The molecule has 0 saturated carbocycles. The number of Topliss-reactive ketones (excluding diaryl/α,β-unsaturated/α-hetero) is 1. The maximum Gasteiger partial charge on any atom is 0.412 e. The summed E-state index contributed by atoms with van der Waals surface area (Å²) in [7, 11) is 0. The van der Waals surface area contributed by atoms with E-state index in [0.717, 1.165) is 18.3 Å². The second-order valence-electron chi connectivity index (χ2n) is 10.0. The van der Waals surface area contributed by atoms with Gasteiger partial charge in [-0.3, -0.25) is 24.5 Å². The van der Waals surface area contributed by atoms with E-state index in [1.165, 1.54) is 13.0 Å². The van der Waals surface area contributed by atoms with Gasteiger partial charge in [0, 0.05) is 18.0 Å². The van der Waals surface area contributed by atoms with Crippen LogP contribution in [-0.4, -0.2) is 50.0 Å². The second-order valence-corrected chi connectivity index (χ2v) is 10.0. The Morgan fingerprint density at radius 2 is 1.77 bits per heavy atom. The topological polar surface area (TPSA) is 157 Å². The Morgan fingerprint density at radius 3 is 2.38 bits per heavy atom. The smallest absolute Gasteiger partial charge is 0.412 e. The summed E-state index contributed by atoms with van der Waals surface area (Å²) in [6.45, 7) is 6.16. The van der Waals surface area contributed by atoms with E-state index in [-0.39, 0.29) is 24.4 Å². The van der Waals surface area contributed by atoms with E-state index in [1.807, 2.05) is 0 Å². The standard InChI is InChI=1S/C28H29FN4O7/c1-16(34)12-19(13-17-10-11-22(35)20(29)14-17)31-24(36)26(38)33-23(18-8-6-5-7-9-18)30-15-21(25(33)37)32-27(39)40-28(2,3)4/h5-11,14-15,19,35H,12-13H2,1-4H3,(H,31,36)(H,32,39). The zero-order chi connectivity index (χ0) is 29.6. The average molecular weight is 553 g/mol. The fourth-order valence-electron chi connectivity index (χ4n) is 3.77. The van der Waals surface area contributed by atoms with Crippen LogP contribution in [0.5, 0.6) is 5.75 Å². The molecule has 1 unspecified atom stereocenters. The maximum absolute atomic E-state index is 13.8. The summed E-state index contributed by atoms with van der Waals surface area (Å²) in [5.74, 6) is -4.49. The van der Waals surface area contributed by atoms with Crippen LogP contribution >= 0.6 is 0 Å². The van der Waals surface area contributed by atoms with Gasteiger partial charge >= 0.3 is 17.9 Å². The van der Waals surface area contributed by atoms with Crippen molar-refractivity contribution in [1.82, 2.24) is 14.9 Å². The number of ether oxygens (including phenoxy) is 1. The molecule has 0 aliphatic heterocycles. The Morgan fingerprint density at radius 1 is 1.10 bits per heavy atom. The summed E-state index contributed by atoms with van der Waals surface area (Å²) >= 11 is 0. The largest absolute Gasteiger partial charge is 0.505 e. The van der Waals surface area contributed by atoms with Gasteiger partial charge in [0.05, 0.1) is 6.20 Å². The lowest BCUT2D eigenvalue weighted by molar-refractivity contribution is -0.119. The number of hydrogen-bond donors (Lipinski definition) is 3. The minimum Gasteiger partial charge on any atom is -0.505 e. The van der Waals surface area contributed by atoms with Crippen molar-refractivity contribution in [3.8, 4) is 17.1 Å². The number of anilines is 1. The van der Waals surface area contributed by atoms with Crippen LogP contribution < -0.4 is 16.2 Å². The van der Waals surface area contributed by atoms with Crippen LogP contribution in [0.2, 0.25) is 0 Å². The van der Waals surface area contributed by atoms with E-state index in [9.17, 15) is 33.5 Å². The van der Waals surface area contributed by atoms with Gasteiger partial charge in [0.1, 0.15) is 22.9 Å². The lowest BCUT2D eigenvalue weighted by Crippen LogP contribution is -2.46. The minimum atomic E-state index is -1.32. The number of amides is 2. The fourth-order valence-corrected chi connectivity index (χ4v) is 3.77. The van der Waals surface area contributed by atoms with Gasteiger partial charge in [-0.2, -0.15) is 0 Å². The molecule has 0 bridgehead atoms. The summed E-state index contributed by atoms with van der Waals surface area (Å²) in [5, 5.41) is 14.1. The van der Waals surface area contributed by atoms with Crippen LogP contribution in [-0.2, 0) is 20.7 Å². The van der Waals surface area contributed by atoms with Gasteiger partial charge in [-0.05, 0) is 51.8 Å². The third-order valence-corrected chi connectivity index (χ3v) is 5.39. The molecule has 40 heavy (non-hydrogen) atoms. The quantitative estimate of drug-likeness (QED) is 0.376. The Hall–Kier alpha value is -4.87. The highest BCUT2D eigenvalue weighted by Gasteiger charge is 2.27. The van der Waals surface area contributed by atoms with Crippen molar-refractivity contribution in [2.75, 3.05) is 5.32 Å². The molecule has 11 nitrogen and oxygen atoms in total. The Balaban J connectivity index is 1.97. The highest BCUT2D eigenvalue weighted by molar-refractivity contribution is 6.36. The molecule has 210 valence electrons. The minimum absolute atomic E-state index is 0.0469. The van der Waals surface area contributed by atoms with E-state index in [1.54, 1.807) is 51.1 Å². The predicted molar refractivity (Wildman–Crippen MR) is 143 cm³/mol. The predicted octanol–water partition coefficient (Wildman–Crippen LogP) is 3.45. The number of nitrogens with one attached hydrogen (secondary N) is 2. The molecule has 0 aliphatic rings. The summed E-state index contributed by atoms with van der Waals surface area (Å²) in [6.07, 6.45) is -0.159. The number of phenols is 1. The van der Waals surface area contributed by atoms with Gasteiger partial charge < -0.3 is 15.2 Å². The molecule has 1 heterocycles. The number of halogens is 1. The van der Waals surface area contributed by atoms with E-state index in [4.69, 9.17) is 4.74 Å². The van der Waals surface area contributed by atoms with E-state index < -0.39 is 52.4 Å². The molecule has 3 N–H and O–H groups in total. The molecular formula is C28H29FN4O7. The first-order valence-corrected chi connectivity index (χ1v) is 12.2. The SMILES string of the molecule is CC(=O)CC(Cc1ccc(O)c(F)c1)NC(=O)C(=O)n1c(-c2ccccc2)ncc(NC(=O)OC(C)(C)C)c1=O. The monoisotopic (exact) mass is 552 g/mol. The van der Waals surface area contributed by atoms with Crippen LogP contribution in [0.4, 0.5) is 14.9 Å². The molecule has 1 aromatic heterocycles.